The van der Waals surface area contributed by atoms with Crippen LogP contribution >= 0.6 is 11.3 Å². The number of nitrogens with zero attached hydrogens (tertiary/aromatic N) is 4. The lowest BCUT2D eigenvalue weighted by Crippen LogP contribution is -2.21. The summed E-state index contributed by atoms with van der Waals surface area (Å²) in [5.41, 5.74) is 2.18. The number of hydrogen-bond acceptors (Lipinski definition) is 6. The SMILES string of the molecule is CCN(CC)c1ncc(CNc2cnccc2N(C)C)s1. The predicted molar refractivity (Wildman–Crippen MR) is 91.6 cm³/mol. The van der Waals surface area contributed by atoms with Crippen LogP contribution in [-0.4, -0.2) is 37.2 Å². The zero-order valence-corrected chi connectivity index (χ0v) is 13.9. The molecule has 0 spiro atoms. The molecule has 0 amide bonds. The van der Waals surface area contributed by atoms with Crippen LogP contribution in [0.5, 0.6) is 0 Å². The molecule has 0 atom stereocenters. The lowest BCUT2D eigenvalue weighted by atomic mass is 10.3. The molecule has 2 rings (SSSR count). The summed E-state index contributed by atoms with van der Waals surface area (Å²) < 4.78 is 0. The van der Waals surface area contributed by atoms with E-state index < -0.39 is 0 Å². The number of rotatable bonds is 7. The van der Waals surface area contributed by atoms with Gasteiger partial charge in [-0.3, -0.25) is 4.98 Å². The smallest absolute Gasteiger partial charge is 0.185 e. The zero-order chi connectivity index (χ0) is 15.2. The van der Waals surface area contributed by atoms with Crippen molar-refractivity contribution in [2.45, 2.75) is 20.4 Å². The van der Waals surface area contributed by atoms with E-state index >= 15 is 0 Å². The van der Waals surface area contributed by atoms with Crippen molar-refractivity contribution in [1.82, 2.24) is 9.97 Å². The van der Waals surface area contributed by atoms with E-state index in [0.717, 1.165) is 36.1 Å². The van der Waals surface area contributed by atoms with Crippen molar-refractivity contribution < 1.29 is 0 Å². The van der Waals surface area contributed by atoms with Crippen LogP contribution in [0.2, 0.25) is 0 Å². The first-order valence-corrected chi connectivity index (χ1v) is 8.02. The molecule has 0 saturated carbocycles. The standard InChI is InChI=1S/C15H23N5S/c1-5-20(6-2)15-18-10-12(21-15)9-17-13-11-16-8-7-14(13)19(3)4/h7-8,10-11,17H,5-6,9H2,1-4H3. The van der Waals surface area contributed by atoms with Crippen molar-refractivity contribution in [3.05, 3.63) is 29.5 Å². The van der Waals surface area contributed by atoms with Crippen molar-refractivity contribution in [3.8, 4) is 0 Å². The summed E-state index contributed by atoms with van der Waals surface area (Å²) in [5.74, 6) is 0. The first-order chi connectivity index (χ1) is 10.2. The lowest BCUT2D eigenvalue weighted by Gasteiger charge is -2.17. The first kappa shape index (κ1) is 15.6. The number of aromatic nitrogens is 2. The van der Waals surface area contributed by atoms with Gasteiger partial charge in [0.25, 0.3) is 0 Å². The van der Waals surface area contributed by atoms with Crippen molar-refractivity contribution in [3.63, 3.8) is 0 Å². The van der Waals surface area contributed by atoms with Gasteiger partial charge in [-0.15, -0.1) is 11.3 Å². The molecule has 21 heavy (non-hydrogen) atoms. The van der Waals surface area contributed by atoms with E-state index in [1.807, 2.05) is 38.8 Å². The molecular weight excluding hydrogens is 282 g/mol. The molecule has 0 radical (unpaired) electrons. The van der Waals surface area contributed by atoms with Gasteiger partial charge in [0.2, 0.25) is 0 Å². The second-order valence-electron chi connectivity index (χ2n) is 4.92. The molecule has 0 saturated heterocycles. The molecule has 1 N–H and O–H groups in total. The van der Waals surface area contributed by atoms with Crippen LogP contribution in [0.25, 0.3) is 0 Å². The summed E-state index contributed by atoms with van der Waals surface area (Å²) in [6.07, 6.45) is 5.63. The predicted octanol–water partition coefficient (Wildman–Crippen LogP) is 3.06. The van der Waals surface area contributed by atoms with Gasteiger partial charge in [0.1, 0.15) is 0 Å². The van der Waals surface area contributed by atoms with Crippen LogP contribution in [0, 0.1) is 0 Å². The molecule has 114 valence electrons. The van der Waals surface area contributed by atoms with E-state index in [-0.39, 0.29) is 0 Å². The Labute approximate surface area is 130 Å². The van der Waals surface area contributed by atoms with Gasteiger partial charge < -0.3 is 15.1 Å². The average Bonchev–Trinajstić information content (AvgIpc) is 2.95. The van der Waals surface area contributed by atoms with Crippen molar-refractivity contribution in [2.24, 2.45) is 0 Å². The Hall–Kier alpha value is -1.82. The first-order valence-electron chi connectivity index (χ1n) is 7.20. The molecule has 0 aliphatic heterocycles. The Morgan fingerprint density at radius 3 is 2.62 bits per heavy atom. The lowest BCUT2D eigenvalue weighted by molar-refractivity contribution is 0.860. The Kier molecular flexibility index (Phi) is 5.38. The summed E-state index contributed by atoms with van der Waals surface area (Å²) >= 11 is 1.74. The molecule has 6 heteroatoms. The summed E-state index contributed by atoms with van der Waals surface area (Å²) in [7, 11) is 4.07. The maximum atomic E-state index is 4.51. The highest BCUT2D eigenvalue weighted by molar-refractivity contribution is 7.15. The van der Waals surface area contributed by atoms with Crippen LogP contribution < -0.4 is 15.1 Å². The molecule has 0 unspecified atom stereocenters. The molecular formula is C15H23N5S. The Morgan fingerprint density at radius 1 is 1.19 bits per heavy atom. The van der Waals surface area contributed by atoms with Gasteiger partial charge in [0.05, 0.1) is 24.1 Å². The van der Waals surface area contributed by atoms with Crippen LogP contribution in [0.3, 0.4) is 0 Å². The van der Waals surface area contributed by atoms with Gasteiger partial charge in [-0.2, -0.15) is 0 Å². The minimum Gasteiger partial charge on any atom is -0.377 e. The normalized spacial score (nSPS) is 10.5. The monoisotopic (exact) mass is 305 g/mol. The van der Waals surface area contributed by atoms with E-state index in [4.69, 9.17) is 0 Å². The fourth-order valence-electron chi connectivity index (χ4n) is 2.11. The summed E-state index contributed by atoms with van der Waals surface area (Å²) in [4.78, 5) is 14.3. The van der Waals surface area contributed by atoms with Crippen molar-refractivity contribution >= 4 is 27.8 Å². The van der Waals surface area contributed by atoms with Gasteiger partial charge in [0.15, 0.2) is 5.13 Å². The highest BCUT2D eigenvalue weighted by atomic mass is 32.1. The Balaban J connectivity index is 2.04. The number of nitrogens with one attached hydrogen (secondary N) is 1. The minimum atomic E-state index is 0.769. The number of anilines is 3. The maximum absolute atomic E-state index is 4.51. The molecule has 2 heterocycles. The summed E-state index contributed by atoms with van der Waals surface area (Å²) in [6.45, 7) is 7.06. The minimum absolute atomic E-state index is 0.769. The van der Waals surface area contributed by atoms with Crippen LogP contribution in [0.1, 0.15) is 18.7 Å². The highest BCUT2D eigenvalue weighted by Gasteiger charge is 2.09. The third-order valence-electron chi connectivity index (χ3n) is 3.31. The third kappa shape index (κ3) is 3.85. The van der Waals surface area contributed by atoms with E-state index in [2.05, 4.69) is 38.9 Å². The van der Waals surface area contributed by atoms with Crippen LogP contribution in [0.4, 0.5) is 16.5 Å². The molecule has 0 fully saturated rings. The maximum Gasteiger partial charge on any atom is 0.185 e. The second kappa shape index (κ2) is 7.26. The summed E-state index contributed by atoms with van der Waals surface area (Å²) in [5, 5.41) is 4.54. The fraction of sp³-hybridized carbons (Fsp3) is 0.467. The number of thiazole rings is 1. The molecule has 0 bridgehead atoms. The molecule has 0 aromatic carbocycles. The molecule has 2 aromatic rings. The highest BCUT2D eigenvalue weighted by Crippen LogP contribution is 2.26. The Morgan fingerprint density at radius 2 is 1.95 bits per heavy atom. The molecule has 2 aromatic heterocycles. The van der Waals surface area contributed by atoms with Gasteiger partial charge in [0, 0.05) is 44.5 Å². The van der Waals surface area contributed by atoms with E-state index in [9.17, 15) is 0 Å². The van der Waals surface area contributed by atoms with Crippen LogP contribution in [0.15, 0.2) is 24.7 Å². The Bertz CT molecular complexity index is 563. The van der Waals surface area contributed by atoms with Gasteiger partial charge in [-0.25, -0.2) is 4.98 Å². The average molecular weight is 305 g/mol. The van der Waals surface area contributed by atoms with Crippen LogP contribution in [-0.2, 0) is 6.54 Å². The zero-order valence-electron chi connectivity index (χ0n) is 13.1. The number of pyridine rings is 1. The van der Waals surface area contributed by atoms with E-state index in [1.54, 1.807) is 11.3 Å². The molecule has 5 nitrogen and oxygen atoms in total. The van der Waals surface area contributed by atoms with E-state index in [0.29, 0.717) is 0 Å². The quantitative estimate of drug-likeness (QED) is 0.851. The van der Waals surface area contributed by atoms with Gasteiger partial charge >= 0.3 is 0 Å². The molecule has 0 aliphatic carbocycles. The van der Waals surface area contributed by atoms with Crippen molar-refractivity contribution in [2.75, 3.05) is 42.3 Å². The molecule has 0 aliphatic rings. The largest absolute Gasteiger partial charge is 0.377 e. The number of hydrogen-bond donors (Lipinski definition) is 1. The summed E-state index contributed by atoms with van der Waals surface area (Å²) in [6, 6.07) is 2.01. The fourth-order valence-corrected chi connectivity index (χ4v) is 3.09. The van der Waals surface area contributed by atoms with E-state index in [1.165, 1.54) is 4.88 Å². The van der Waals surface area contributed by atoms with Gasteiger partial charge in [-0.05, 0) is 19.9 Å². The third-order valence-corrected chi connectivity index (χ3v) is 4.37. The second-order valence-corrected chi connectivity index (χ2v) is 6.02. The topological polar surface area (TPSA) is 44.3 Å². The van der Waals surface area contributed by atoms with Gasteiger partial charge in [-0.1, -0.05) is 0 Å². The van der Waals surface area contributed by atoms with Crippen molar-refractivity contribution in [1.29, 1.82) is 0 Å².